The van der Waals surface area contributed by atoms with Crippen molar-refractivity contribution in [3.63, 3.8) is 0 Å². The predicted octanol–water partition coefficient (Wildman–Crippen LogP) is 1.59. The Hall–Kier alpha value is -0.130. The smallest absolute Gasteiger partial charge is 0.0624 e. The predicted molar refractivity (Wildman–Crippen MR) is 57.9 cm³/mol. The molecule has 0 fully saturated rings. The van der Waals surface area contributed by atoms with Crippen molar-refractivity contribution < 1.29 is 5.11 Å². The van der Waals surface area contributed by atoms with E-state index in [1.165, 1.54) is 9.13 Å². The Kier molecular flexibility index (Phi) is 3.49. The summed E-state index contributed by atoms with van der Waals surface area (Å²) in [5, 5.41) is 8.82. The molecule has 0 aromatic heterocycles. The van der Waals surface area contributed by atoms with Crippen molar-refractivity contribution in [3.8, 4) is 0 Å². The topological polar surface area (TPSA) is 46.2 Å². The van der Waals surface area contributed by atoms with Gasteiger partial charge in [-0.3, -0.25) is 0 Å². The molecule has 3 heteroatoms. The van der Waals surface area contributed by atoms with Crippen molar-refractivity contribution in [1.82, 2.24) is 0 Å². The molecule has 0 aliphatic heterocycles. The molecule has 0 heterocycles. The quantitative estimate of drug-likeness (QED) is 0.806. The van der Waals surface area contributed by atoms with Crippen molar-refractivity contribution in [2.75, 3.05) is 6.61 Å². The van der Waals surface area contributed by atoms with Gasteiger partial charge in [-0.15, -0.1) is 0 Å². The fraction of sp³-hybridized carbons (Fsp3) is 0.333. The number of aliphatic hydroxyl groups is 1. The fourth-order valence-corrected chi connectivity index (χ4v) is 1.34. The molecule has 0 aliphatic carbocycles. The molecule has 12 heavy (non-hydrogen) atoms. The summed E-state index contributed by atoms with van der Waals surface area (Å²) in [4.78, 5) is 0. The minimum atomic E-state index is -0.249. The van der Waals surface area contributed by atoms with Gasteiger partial charge < -0.3 is 10.8 Å². The third-order valence-electron chi connectivity index (χ3n) is 1.81. The second kappa shape index (κ2) is 4.20. The number of aryl methyl sites for hydroxylation is 1. The first-order valence-corrected chi connectivity index (χ1v) is 4.85. The molecule has 0 saturated heterocycles. The average molecular weight is 277 g/mol. The Bertz CT molecular complexity index is 275. The Morgan fingerprint density at radius 2 is 2.25 bits per heavy atom. The van der Waals surface area contributed by atoms with Crippen molar-refractivity contribution in [2.45, 2.75) is 13.0 Å². The van der Waals surface area contributed by atoms with Gasteiger partial charge in [0.1, 0.15) is 0 Å². The summed E-state index contributed by atoms with van der Waals surface area (Å²) in [7, 11) is 0. The molecule has 0 spiro atoms. The van der Waals surface area contributed by atoms with E-state index < -0.39 is 0 Å². The summed E-state index contributed by atoms with van der Waals surface area (Å²) >= 11 is 2.27. The molecular weight excluding hydrogens is 265 g/mol. The van der Waals surface area contributed by atoms with Crippen LogP contribution in [0.3, 0.4) is 0 Å². The summed E-state index contributed by atoms with van der Waals surface area (Å²) in [6, 6.07) is 5.74. The maximum atomic E-state index is 8.82. The van der Waals surface area contributed by atoms with Gasteiger partial charge in [-0.2, -0.15) is 0 Å². The SMILES string of the molecule is Cc1cc([C@@H](N)CO)ccc1I. The van der Waals surface area contributed by atoms with Crippen molar-refractivity contribution in [1.29, 1.82) is 0 Å². The number of hydrogen-bond donors (Lipinski definition) is 2. The molecule has 1 aromatic rings. The number of halogens is 1. The van der Waals surface area contributed by atoms with Crippen LogP contribution >= 0.6 is 22.6 Å². The summed E-state index contributed by atoms with van der Waals surface area (Å²) in [5.74, 6) is 0. The maximum Gasteiger partial charge on any atom is 0.0624 e. The minimum absolute atomic E-state index is 0.0000321. The van der Waals surface area contributed by atoms with Gasteiger partial charge in [-0.25, -0.2) is 0 Å². The van der Waals surface area contributed by atoms with Crippen LogP contribution < -0.4 is 5.73 Å². The van der Waals surface area contributed by atoms with Crippen molar-refractivity contribution in [3.05, 3.63) is 32.9 Å². The minimum Gasteiger partial charge on any atom is -0.394 e. The summed E-state index contributed by atoms with van der Waals surface area (Å²) < 4.78 is 1.22. The zero-order valence-electron chi connectivity index (χ0n) is 6.92. The molecule has 0 amide bonds. The molecule has 1 aromatic carbocycles. The van der Waals surface area contributed by atoms with E-state index in [0.717, 1.165) is 5.56 Å². The second-order valence-corrected chi connectivity index (χ2v) is 3.96. The van der Waals surface area contributed by atoms with Gasteiger partial charge in [-0.05, 0) is 46.7 Å². The van der Waals surface area contributed by atoms with Gasteiger partial charge in [0.05, 0.1) is 12.6 Å². The van der Waals surface area contributed by atoms with E-state index in [9.17, 15) is 0 Å². The zero-order chi connectivity index (χ0) is 9.14. The lowest BCUT2D eigenvalue weighted by atomic mass is 10.1. The first-order chi connectivity index (χ1) is 5.65. The molecule has 66 valence electrons. The molecule has 1 atom stereocenters. The molecule has 0 aliphatic rings. The zero-order valence-corrected chi connectivity index (χ0v) is 9.08. The Morgan fingerprint density at radius 1 is 1.58 bits per heavy atom. The van der Waals surface area contributed by atoms with E-state index in [-0.39, 0.29) is 12.6 Å². The van der Waals surface area contributed by atoms with E-state index >= 15 is 0 Å². The van der Waals surface area contributed by atoms with E-state index in [4.69, 9.17) is 10.8 Å². The highest BCUT2D eigenvalue weighted by atomic mass is 127. The summed E-state index contributed by atoms with van der Waals surface area (Å²) in [6.45, 7) is 2.04. The van der Waals surface area contributed by atoms with E-state index in [1.54, 1.807) is 0 Å². The Morgan fingerprint density at radius 3 is 2.75 bits per heavy atom. The highest BCUT2D eigenvalue weighted by Gasteiger charge is 2.04. The maximum absolute atomic E-state index is 8.82. The number of aliphatic hydroxyl groups excluding tert-OH is 1. The van der Waals surface area contributed by atoms with Gasteiger partial charge in [-0.1, -0.05) is 12.1 Å². The van der Waals surface area contributed by atoms with Crippen molar-refractivity contribution >= 4 is 22.6 Å². The molecular formula is C9H12INO. The fourth-order valence-electron chi connectivity index (χ4n) is 1.00. The van der Waals surface area contributed by atoms with Crippen LogP contribution in [0, 0.1) is 10.5 Å². The molecule has 1 rings (SSSR count). The van der Waals surface area contributed by atoms with Crippen molar-refractivity contribution in [2.24, 2.45) is 5.73 Å². The standard InChI is InChI=1S/C9H12INO/c1-6-4-7(9(11)5-12)2-3-8(6)10/h2-4,9,12H,5,11H2,1H3/t9-/m0/s1. The second-order valence-electron chi connectivity index (χ2n) is 2.80. The van der Waals surface area contributed by atoms with Gasteiger partial charge in [0, 0.05) is 3.57 Å². The highest BCUT2D eigenvalue weighted by Crippen LogP contribution is 2.16. The van der Waals surface area contributed by atoms with Gasteiger partial charge in [0.2, 0.25) is 0 Å². The molecule has 0 radical (unpaired) electrons. The number of benzene rings is 1. The van der Waals surface area contributed by atoms with Crippen LogP contribution in [0.25, 0.3) is 0 Å². The summed E-state index contributed by atoms with van der Waals surface area (Å²) in [6.07, 6.45) is 0. The van der Waals surface area contributed by atoms with Crippen LogP contribution in [-0.4, -0.2) is 11.7 Å². The monoisotopic (exact) mass is 277 g/mol. The molecule has 2 nitrogen and oxygen atoms in total. The van der Waals surface area contributed by atoms with Crippen LogP contribution in [0.5, 0.6) is 0 Å². The van der Waals surface area contributed by atoms with Gasteiger partial charge in [0.15, 0.2) is 0 Å². The number of rotatable bonds is 2. The van der Waals surface area contributed by atoms with Crippen LogP contribution in [0.2, 0.25) is 0 Å². The van der Waals surface area contributed by atoms with Crippen LogP contribution in [-0.2, 0) is 0 Å². The number of hydrogen-bond acceptors (Lipinski definition) is 2. The molecule has 0 saturated carbocycles. The molecule has 0 unspecified atom stereocenters. The van der Waals surface area contributed by atoms with Crippen LogP contribution in [0.1, 0.15) is 17.2 Å². The van der Waals surface area contributed by atoms with Gasteiger partial charge in [0.25, 0.3) is 0 Å². The van der Waals surface area contributed by atoms with Gasteiger partial charge >= 0.3 is 0 Å². The van der Waals surface area contributed by atoms with Crippen LogP contribution in [0.4, 0.5) is 0 Å². The van der Waals surface area contributed by atoms with E-state index in [1.807, 2.05) is 25.1 Å². The van der Waals surface area contributed by atoms with Crippen LogP contribution in [0.15, 0.2) is 18.2 Å². The third kappa shape index (κ3) is 2.18. The third-order valence-corrected chi connectivity index (χ3v) is 3.02. The lowest BCUT2D eigenvalue weighted by Gasteiger charge is -2.09. The Labute approximate surface area is 85.9 Å². The van der Waals surface area contributed by atoms with E-state index in [2.05, 4.69) is 22.6 Å². The summed E-state index contributed by atoms with van der Waals surface area (Å²) in [5.41, 5.74) is 7.86. The molecule has 0 bridgehead atoms. The lowest BCUT2D eigenvalue weighted by Crippen LogP contribution is -2.14. The Balaban J connectivity index is 2.96. The average Bonchev–Trinajstić information content (AvgIpc) is 2.08. The number of nitrogens with two attached hydrogens (primary N) is 1. The molecule has 3 N–H and O–H groups in total. The highest BCUT2D eigenvalue weighted by molar-refractivity contribution is 14.1. The first kappa shape index (κ1) is 9.95. The largest absolute Gasteiger partial charge is 0.394 e. The lowest BCUT2D eigenvalue weighted by molar-refractivity contribution is 0.268. The van der Waals surface area contributed by atoms with E-state index in [0.29, 0.717) is 0 Å². The first-order valence-electron chi connectivity index (χ1n) is 3.77. The normalized spacial score (nSPS) is 13.0.